The SMILES string of the molecule is CCSC1CCCC(CO)(NC(C)C)C1. The van der Waals surface area contributed by atoms with Gasteiger partial charge in [0.1, 0.15) is 0 Å². The Hall–Kier alpha value is 0.270. The van der Waals surface area contributed by atoms with E-state index in [2.05, 4.69) is 26.1 Å². The van der Waals surface area contributed by atoms with Gasteiger partial charge in [-0.1, -0.05) is 27.2 Å². The maximum absolute atomic E-state index is 9.60. The van der Waals surface area contributed by atoms with E-state index in [-0.39, 0.29) is 12.1 Å². The van der Waals surface area contributed by atoms with E-state index in [1.54, 1.807) is 0 Å². The molecular weight excluding hydrogens is 206 g/mol. The number of thioether (sulfide) groups is 1. The Morgan fingerprint density at radius 3 is 2.80 bits per heavy atom. The highest BCUT2D eigenvalue weighted by Gasteiger charge is 2.35. The lowest BCUT2D eigenvalue weighted by atomic mass is 9.81. The minimum Gasteiger partial charge on any atom is -0.394 e. The summed E-state index contributed by atoms with van der Waals surface area (Å²) in [4.78, 5) is 0. The molecule has 0 spiro atoms. The fourth-order valence-electron chi connectivity index (χ4n) is 2.62. The van der Waals surface area contributed by atoms with E-state index < -0.39 is 0 Å². The standard InChI is InChI=1S/C12H25NOS/c1-4-15-11-6-5-7-12(8-11,9-14)13-10(2)3/h10-11,13-14H,4-9H2,1-3H3. The molecule has 1 rings (SSSR count). The van der Waals surface area contributed by atoms with Crippen molar-refractivity contribution < 1.29 is 5.11 Å². The maximum Gasteiger partial charge on any atom is 0.0613 e. The van der Waals surface area contributed by atoms with E-state index in [1.165, 1.54) is 18.6 Å². The molecule has 2 unspecified atom stereocenters. The van der Waals surface area contributed by atoms with E-state index in [1.807, 2.05) is 11.8 Å². The second kappa shape index (κ2) is 6.12. The predicted octanol–water partition coefficient (Wildman–Crippen LogP) is 2.41. The Bertz CT molecular complexity index is 184. The number of nitrogens with one attached hydrogen (secondary N) is 1. The minimum atomic E-state index is -0.000741. The molecule has 0 radical (unpaired) electrons. The summed E-state index contributed by atoms with van der Waals surface area (Å²) in [5.74, 6) is 1.19. The van der Waals surface area contributed by atoms with Gasteiger partial charge in [0, 0.05) is 16.8 Å². The molecule has 2 nitrogen and oxygen atoms in total. The molecule has 1 fully saturated rings. The van der Waals surface area contributed by atoms with Crippen LogP contribution < -0.4 is 5.32 Å². The molecule has 0 bridgehead atoms. The van der Waals surface area contributed by atoms with Crippen LogP contribution in [0.25, 0.3) is 0 Å². The Kier molecular flexibility index (Phi) is 5.44. The summed E-state index contributed by atoms with van der Waals surface area (Å²) < 4.78 is 0. The van der Waals surface area contributed by atoms with Crippen molar-refractivity contribution in [3.63, 3.8) is 0 Å². The molecule has 0 aliphatic heterocycles. The van der Waals surface area contributed by atoms with Gasteiger partial charge >= 0.3 is 0 Å². The van der Waals surface area contributed by atoms with Gasteiger partial charge in [-0.3, -0.25) is 0 Å². The zero-order chi connectivity index (χ0) is 11.3. The first-order valence-electron chi connectivity index (χ1n) is 6.12. The summed E-state index contributed by atoms with van der Waals surface area (Å²) in [6, 6.07) is 0.461. The quantitative estimate of drug-likeness (QED) is 0.762. The molecule has 0 aromatic carbocycles. The molecule has 1 aliphatic rings. The van der Waals surface area contributed by atoms with Crippen molar-refractivity contribution >= 4 is 11.8 Å². The summed E-state index contributed by atoms with van der Waals surface area (Å²) in [6.07, 6.45) is 4.82. The van der Waals surface area contributed by atoms with Crippen LogP contribution in [0, 0.1) is 0 Å². The number of hydrogen-bond donors (Lipinski definition) is 2. The molecule has 90 valence electrons. The third-order valence-electron chi connectivity index (χ3n) is 3.10. The van der Waals surface area contributed by atoms with Crippen LogP contribution in [0.15, 0.2) is 0 Å². The molecule has 1 saturated carbocycles. The van der Waals surface area contributed by atoms with Crippen molar-refractivity contribution in [2.75, 3.05) is 12.4 Å². The molecule has 0 aromatic rings. The molecule has 3 heteroatoms. The van der Waals surface area contributed by atoms with Crippen molar-refractivity contribution in [3.8, 4) is 0 Å². The summed E-state index contributed by atoms with van der Waals surface area (Å²) in [5, 5.41) is 13.9. The molecule has 0 heterocycles. The van der Waals surface area contributed by atoms with E-state index in [0.717, 1.165) is 18.1 Å². The van der Waals surface area contributed by atoms with Crippen molar-refractivity contribution in [3.05, 3.63) is 0 Å². The van der Waals surface area contributed by atoms with Crippen molar-refractivity contribution in [2.24, 2.45) is 0 Å². The van der Waals surface area contributed by atoms with Gasteiger partial charge in [0.15, 0.2) is 0 Å². The lowest BCUT2D eigenvalue weighted by Crippen LogP contribution is -2.54. The fourth-order valence-corrected chi connectivity index (χ4v) is 3.86. The largest absolute Gasteiger partial charge is 0.394 e. The summed E-state index contributed by atoms with van der Waals surface area (Å²) in [7, 11) is 0. The number of rotatable bonds is 5. The first-order valence-corrected chi connectivity index (χ1v) is 7.17. The zero-order valence-electron chi connectivity index (χ0n) is 10.3. The maximum atomic E-state index is 9.60. The highest BCUT2D eigenvalue weighted by Crippen LogP contribution is 2.35. The first kappa shape index (κ1) is 13.3. The molecule has 0 amide bonds. The molecule has 2 N–H and O–H groups in total. The fraction of sp³-hybridized carbons (Fsp3) is 1.00. The van der Waals surface area contributed by atoms with Crippen LogP contribution in [-0.2, 0) is 0 Å². The van der Waals surface area contributed by atoms with Crippen LogP contribution in [0.2, 0.25) is 0 Å². The minimum absolute atomic E-state index is 0.000741. The smallest absolute Gasteiger partial charge is 0.0613 e. The summed E-state index contributed by atoms with van der Waals surface area (Å²) >= 11 is 2.05. The van der Waals surface area contributed by atoms with Crippen LogP contribution in [0.1, 0.15) is 46.5 Å². The van der Waals surface area contributed by atoms with Crippen LogP contribution in [0.4, 0.5) is 0 Å². The second-order valence-electron chi connectivity index (χ2n) is 4.91. The lowest BCUT2D eigenvalue weighted by molar-refractivity contribution is 0.115. The van der Waals surface area contributed by atoms with Gasteiger partial charge in [0.25, 0.3) is 0 Å². The molecule has 15 heavy (non-hydrogen) atoms. The van der Waals surface area contributed by atoms with E-state index in [0.29, 0.717) is 6.04 Å². The second-order valence-corrected chi connectivity index (χ2v) is 6.49. The van der Waals surface area contributed by atoms with E-state index >= 15 is 0 Å². The topological polar surface area (TPSA) is 32.3 Å². The van der Waals surface area contributed by atoms with Gasteiger partial charge in [-0.05, 0) is 25.0 Å². The number of aliphatic hydroxyl groups is 1. The predicted molar refractivity (Wildman–Crippen MR) is 68.5 cm³/mol. The van der Waals surface area contributed by atoms with Gasteiger partial charge in [0.2, 0.25) is 0 Å². The Morgan fingerprint density at radius 1 is 1.53 bits per heavy atom. The lowest BCUT2D eigenvalue weighted by Gasteiger charge is -2.41. The van der Waals surface area contributed by atoms with E-state index in [4.69, 9.17) is 0 Å². The van der Waals surface area contributed by atoms with Crippen LogP contribution >= 0.6 is 11.8 Å². The normalized spacial score (nSPS) is 32.2. The van der Waals surface area contributed by atoms with Crippen molar-refractivity contribution in [2.45, 2.75) is 63.3 Å². The van der Waals surface area contributed by atoms with Gasteiger partial charge < -0.3 is 10.4 Å². The van der Waals surface area contributed by atoms with E-state index in [9.17, 15) is 5.11 Å². The van der Waals surface area contributed by atoms with Crippen molar-refractivity contribution in [1.82, 2.24) is 5.32 Å². The number of hydrogen-bond acceptors (Lipinski definition) is 3. The Balaban J connectivity index is 2.55. The third kappa shape index (κ3) is 3.97. The Labute approximate surface area is 98.2 Å². The van der Waals surface area contributed by atoms with Gasteiger partial charge in [-0.2, -0.15) is 11.8 Å². The van der Waals surface area contributed by atoms with Gasteiger partial charge in [0.05, 0.1) is 6.61 Å². The number of aliphatic hydroxyl groups excluding tert-OH is 1. The average molecular weight is 231 g/mol. The van der Waals surface area contributed by atoms with Gasteiger partial charge in [-0.15, -0.1) is 0 Å². The molecule has 1 aliphatic carbocycles. The molecule has 0 saturated heterocycles. The van der Waals surface area contributed by atoms with Crippen LogP contribution in [0.3, 0.4) is 0 Å². The molecule has 2 atom stereocenters. The summed E-state index contributed by atoms with van der Waals surface area (Å²) in [5.41, 5.74) is -0.000741. The highest BCUT2D eigenvalue weighted by molar-refractivity contribution is 7.99. The Morgan fingerprint density at radius 2 is 2.27 bits per heavy atom. The highest BCUT2D eigenvalue weighted by atomic mass is 32.2. The zero-order valence-corrected chi connectivity index (χ0v) is 11.1. The third-order valence-corrected chi connectivity index (χ3v) is 4.31. The average Bonchev–Trinajstić information content (AvgIpc) is 2.18. The molecular formula is C12H25NOS. The summed E-state index contributed by atoms with van der Waals surface area (Å²) in [6.45, 7) is 6.82. The van der Waals surface area contributed by atoms with Gasteiger partial charge in [-0.25, -0.2) is 0 Å². The monoisotopic (exact) mass is 231 g/mol. The van der Waals surface area contributed by atoms with Crippen LogP contribution in [0.5, 0.6) is 0 Å². The first-order chi connectivity index (χ1) is 7.12. The molecule has 0 aromatic heterocycles. The van der Waals surface area contributed by atoms with Crippen molar-refractivity contribution in [1.29, 1.82) is 0 Å². The van der Waals surface area contributed by atoms with Crippen LogP contribution in [-0.4, -0.2) is 34.3 Å².